The topological polar surface area (TPSA) is 29.9 Å². The number of nitrogens with zero attached hydrogens (tertiary/aromatic N) is 2. The Morgan fingerprint density at radius 2 is 1.76 bits per heavy atom. The highest BCUT2D eigenvalue weighted by molar-refractivity contribution is 5.31. The van der Waals surface area contributed by atoms with Gasteiger partial charge in [0.05, 0.1) is 5.69 Å². The first-order valence-corrected chi connectivity index (χ1v) is 8.85. The van der Waals surface area contributed by atoms with Gasteiger partial charge in [0.2, 0.25) is 5.95 Å². The van der Waals surface area contributed by atoms with E-state index in [2.05, 4.69) is 36.9 Å². The summed E-state index contributed by atoms with van der Waals surface area (Å²) < 4.78 is 2.44. The van der Waals surface area contributed by atoms with E-state index in [1.807, 2.05) is 0 Å². The minimum Gasteiger partial charge on any atom is -0.353 e. The van der Waals surface area contributed by atoms with Gasteiger partial charge in [-0.1, -0.05) is 33.1 Å². The van der Waals surface area contributed by atoms with Crippen LogP contribution in [0.5, 0.6) is 0 Å². The van der Waals surface area contributed by atoms with E-state index in [1.54, 1.807) is 0 Å². The molecular formula is C18H31N3. The quantitative estimate of drug-likeness (QED) is 0.841. The van der Waals surface area contributed by atoms with Gasteiger partial charge in [0.25, 0.3) is 0 Å². The van der Waals surface area contributed by atoms with Crippen LogP contribution < -0.4 is 5.32 Å². The smallest absolute Gasteiger partial charge is 0.203 e. The maximum Gasteiger partial charge on any atom is 0.203 e. The molecule has 0 aliphatic heterocycles. The molecular weight excluding hydrogens is 258 g/mol. The van der Waals surface area contributed by atoms with Gasteiger partial charge in [-0.15, -0.1) is 0 Å². The number of hydrogen-bond acceptors (Lipinski definition) is 2. The molecule has 2 fully saturated rings. The fourth-order valence-electron chi connectivity index (χ4n) is 3.99. The van der Waals surface area contributed by atoms with Crippen LogP contribution in [0.3, 0.4) is 0 Å². The Kier molecular flexibility index (Phi) is 4.28. The Labute approximate surface area is 129 Å². The summed E-state index contributed by atoms with van der Waals surface area (Å²) in [5.41, 5.74) is 1.69. The second kappa shape index (κ2) is 6.02. The molecule has 1 heterocycles. The summed E-state index contributed by atoms with van der Waals surface area (Å²) >= 11 is 0. The van der Waals surface area contributed by atoms with Gasteiger partial charge in [-0.2, -0.15) is 0 Å². The van der Waals surface area contributed by atoms with Gasteiger partial charge in [0.1, 0.15) is 0 Å². The molecule has 3 heteroatoms. The fraction of sp³-hybridized carbons (Fsp3) is 0.833. The summed E-state index contributed by atoms with van der Waals surface area (Å²) in [6.45, 7) is 6.92. The van der Waals surface area contributed by atoms with E-state index in [4.69, 9.17) is 4.98 Å². The average Bonchev–Trinajstić information content (AvgIpc) is 2.83. The second-order valence-electron chi connectivity index (χ2n) is 7.99. The molecule has 0 unspecified atom stereocenters. The zero-order valence-corrected chi connectivity index (χ0v) is 14.0. The number of aryl methyl sites for hydroxylation is 1. The Balaban J connectivity index is 1.68. The largest absolute Gasteiger partial charge is 0.353 e. The number of anilines is 1. The molecule has 1 aromatic heterocycles. The van der Waals surface area contributed by atoms with E-state index in [0.29, 0.717) is 17.5 Å². The van der Waals surface area contributed by atoms with Crippen LogP contribution in [-0.2, 0) is 0 Å². The van der Waals surface area contributed by atoms with Crippen molar-refractivity contribution in [1.82, 2.24) is 9.55 Å². The van der Waals surface area contributed by atoms with Crippen molar-refractivity contribution in [3.63, 3.8) is 0 Å². The van der Waals surface area contributed by atoms with Crippen molar-refractivity contribution < 1.29 is 0 Å². The maximum atomic E-state index is 4.77. The SMILES string of the molecule is Cc1cn(C2CCCCC2)c(NC2CCC(C)(C)CC2)n1. The van der Waals surface area contributed by atoms with Crippen molar-refractivity contribution >= 4 is 5.95 Å². The summed E-state index contributed by atoms with van der Waals surface area (Å²) in [6.07, 6.45) is 14.3. The Bertz CT molecular complexity index is 459. The predicted molar refractivity (Wildman–Crippen MR) is 88.7 cm³/mol. The van der Waals surface area contributed by atoms with E-state index < -0.39 is 0 Å². The fourth-order valence-corrected chi connectivity index (χ4v) is 3.99. The Hall–Kier alpha value is -0.990. The first kappa shape index (κ1) is 14.9. The predicted octanol–water partition coefficient (Wildman–Crippen LogP) is 5.08. The molecule has 2 aliphatic carbocycles. The van der Waals surface area contributed by atoms with Crippen molar-refractivity contribution in [2.24, 2.45) is 5.41 Å². The second-order valence-corrected chi connectivity index (χ2v) is 7.99. The van der Waals surface area contributed by atoms with Crippen LogP contribution in [0.2, 0.25) is 0 Å². The van der Waals surface area contributed by atoms with Crippen molar-refractivity contribution in [3.05, 3.63) is 11.9 Å². The van der Waals surface area contributed by atoms with Gasteiger partial charge in [-0.25, -0.2) is 4.98 Å². The number of hydrogen-bond donors (Lipinski definition) is 1. The first-order valence-electron chi connectivity index (χ1n) is 8.85. The minimum atomic E-state index is 0.535. The maximum absolute atomic E-state index is 4.77. The zero-order valence-electron chi connectivity index (χ0n) is 14.0. The number of imidazole rings is 1. The molecule has 1 N–H and O–H groups in total. The first-order chi connectivity index (χ1) is 10.0. The highest BCUT2D eigenvalue weighted by Gasteiger charge is 2.28. The van der Waals surface area contributed by atoms with Crippen molar-refractivity contribution in [2.75, 3.05) is 5.32 Å². The summed E-state index contributed by atoms with van der Waals surface area (Å²) in [5, 5.41) is 3.76. The molecule has 2 saturated carbocycles. The van der Waals surface area contributed by atoms with Crippen LogP contribution in [0, 0.1) is 12.3 Å². The summed E-state index contributed by atoms with van der Waals surface area (Å²) in [4.78, 5) is 4.77. The van der Waals surface area contributed by atoms with Crippen molar-refractivity contribution in [2.45, 2.75) is 90.6 Å². The molecule has 3 nitrogen and oxygen atoms in total. The lowest BCUT2D eigenvalue weighted by atomic mass is 9.76. The number of rotatable bonds is 3. The molecule has 0 aromatic carbocycles. The van der Waals surface area contributed by atoms with Gasteiger partial charge < -0.3 is 9.88 Å². The molecule has 2 aliphatic rings. The van der Waals surface area contributed by atoms with Crippen LogP contribution in [0.4, 0.5) is 5.95 Å². The van der Waals surface area contributed by atoms with Crippen LogP contribution >= 0.6 is 0 Å². The van der Waals surface area contributed by atoms with E-state index in [0.717, 1.165) is 11.6 Å². The molecule has 0 bridgehead atoms. The molecule has 0 atom stereocenters. The third kappa shape index (κ3) is 3.61. The molecule has 118 valence electrons. The number of nitrogens with one attached hydrogen (secondary N) is 1. The van der Waals surface area contributed by atoms with Crippen molar-refractivity contribution in [1.29, 1.82) is 0 Å². The van der Waals surface area contributed by atoms with Gasteiger partial charge in [-0.3, -0.25) is 0 Å². The van der Waals surface area contributed by atoms with Crippen LogP contribution in [-0.4, -0.2) is 15.6 Å². The lowest BCUT2D eigenvalue weighted by molar-refractivity contribution is 0.231. The van der Waals surface area contributed by atoms with Crippen LogP contribution in [0.25, 0.3) is 0 Å². The lowest BCUT2D eigenvalue weighted by Crippen LogP contribution is -2.31. The van der Waals surface area contributed by atoms with E-state index in [-0.39, 0.29) is 0 Å². The van der Waals surface area contributed by atoms with E-state index in [9.17, 15) is 0 Å². The highest BCUT2D eigenvalue weighted by Crippen LogP contribution is 2.37. The van der Waals surface area contributed by atoms with E-state index >= 15 is 0 Å². The molecule has 0 amide bonds. The lowest BCUT2D eigenvalue weighted by Gasteiger charge is -2.35. The van der Waals surface area contributed by atoms with Gasteiger partial charge in [0.15, 0.2) is 0 Å². The van der Waals surface area contributed by atoms with Gasteiger partial charge in [-0.05, 0) is 50.9 Å². The molecule has 0 radical (unpaired) electrons. The van der Waals surface area contributed by atoms with E-state index in [1.165, 1.54) is 57.8 Å². The monoisotopic (exact) mass is 289 g/mol. The van der Waals surface area contributed by atoms with Gasteiger partial charge in [0, 0.05) is 18.3 Å². The molecule has 0 spiro atoms. The zero-order chi connectivity index (χ0) is 14.9. The Morgan fingerprint density at radius 1 is 1.10 bits per heavy atom. The Morgan fingerprint density at radius 3 is 2.43 bits per heavy atom. The molecule has 1 aromatic rings. The normalized spacial score (nSPS) is 24.1. The third-order valence-electron chi connectivity index (χ3n) is 5.49. The van der Waals surface area contributed by atoms with Crippen LogP contribution in [0.15, 0.2) is 6.20 Å². The highest BCUT2D eigenvalue weighted by atomic mass is 15.2. The molecule has 0 saturated heterocycles. The third-order valence-corrected chi connectivity index (χ3v) is 5.49. The minimum absolute atomic E-state index is 0.535. The molecule has 3 rings (SSSR count). The van der Waals surface area contributed by atoms with Crippen LogP contribution in [0.1, 0.15) is 83.4 Å². The summed E-state index contributed by atoms with van der Waals surface area (Å²) in [5.74, 6) is 1.13. The standard InChI is InChI=1S/C18H31N3/c1-14-13-21(16-7-5-4-6-8-16)17(19-14)20-15-9-11-18(2,3)12-10-15/h13,15-16H,4-12H2,1-3H3,(H,19,20). The van der Waals surface area contributed by atoms with Gasteiger partial charge >= 0.3 is 0 Å². The average molecular weight is 289 g/mol. The summed E-state index contributed by atoms with van der Waals surface area (Å²) in [7, 11) is 0. The van der Waals surface area contributed by atoms with Crippen molar-refractivity contribution in [3.8, 4) is 0 Å². The number of aromatic nitrogens is 2. The summed E-state index contributed by atoms with van der Waals surface area (Å²) in [6, 6.07) is 1.28. The molecule has 21 heavy (non-hydrogen) atoms.